The topological polar surface area (TPSA) is 6.48 Å². The Hall–Kier alpha value is -0.0800. The molecule has 60 valence electrons. The average molecular weight is 142 g/mol. The van der Waals surface area contributed by atoms with Crippen molar-refractivity contribution < 1.29 is 0 Å². The monoisotopic (exact) mass is 142 g/mol. The van der Waals surface area contributed by atoms with E-state index in [1.807, 2.05) is 0 Å². The van der Waals surface area contributed by atoms with Crippen LogP contribution in [0.15, 0.2) is 0 Å². The molecule has 0 spiro atoms. The average Bonchev–Trinajstić information content (AvgIpc) is 2.04. The van der Waals surface area contributed by atoms with Crippen molar-refractivity contribution in [3.63, 3.8) is 0 Å². The van der Waals surface area contributed by atoms with Crippen molar-refractivity contribution in [2.45, 2.75) is 19.4 Å². The minimum absolute atomic E-state index is 0.768. The van der Waals surface area contributed by atoms with Crippen molar-refractivity contribution in [2.24, 2.45) is 0 Å². The molecule has 1 saturated heterocycles. The van der Waals surface area contributed by atoms with Crippen LogP contribution in [0.1, 0.15) is 13.3 Å². The molecule has 2 heteroatoms. The molecule has 1 aliphatic heterocycles. The van der Waals surface area contributed by atoms with E-state index >= 15 is 0 Å². The van der Waals surface area contributed by atoms with Gasteiger partial charge in [0.2, 0.25) is 0 Å². The molecule has 0 aliphatic carbocycles. The molecule has 1 heterocycles. The van der Waals surface area contributed by atoms with Crippen LogP contribution in [0.2, 0.25) is 0 Å². The van der Waals surface area contributed by atoms with Crippen molar-refractivity contribution in [1.82, 2.24) is 9.80 Å². The zero-order valence-corrected chi connectivity index (χ0v) is 7.30. The lowest BCUT2D eigenvalue weighted by atomic mass is 10.2. The first-order valence-electron chi connectivity index (χ1n) is 4.09. The number of nitrogens with zero attached hydrogens (tertiary/aromatic N) is 2. The van der Waals surface area contributed by atoms with Crippen LogP contribution in [0.25, 0.3) is 0 Å². The fourth-order valence-corrected chi connectivity index (χ4v) is 1.29. The summed E-state index contributed by atoms with van der Waals surface area (Å²) in [6.07, 6.45) is 1.31. The molecule has 1 fully saturated rings. The Bertz CT molecular complexity index is 91.4. The summed E-state index contributed by atoms with van der Waals surface area (Å²) in [7, 11) is 4.41. The lowest BCUT2D eigenvalue weighted by molar-refractivity contribution is 0.267. The maximum atomic E-state index is 2.43. The maximum absolute atomic E-state index is 2.43. The van der Waals surface area contributed by atoms with Gasteiger partial charge in [0.15, 0.2) is 0 Å². The highest BCUT2D eigenvalue weighted by Gasteiger charge is 2.14. The molecule has 0 N–H and O–H groups in total. The van der Waals surface area contributed by atoms with Gasteiger partial charge in [-0.1, -0.05) is 0 Å². The van der Waals surface area contributed by atoms with E-state index in [1.165, 1.54) is 26.1 Å². The quantitative estimate of drug-likeness (QED) is 0.490. The second-order valence-corrected chi connectivity index (χ2v) is 3.42. The highest BCUT2D eigenvalue weighted by atomic mass is 15.2. The standard InChI is InChI=1S/C8H18N2/c1-8-4-5-9(2)6-7-10(8)3/h8H,4-7H2,1-3H3/t8-/m1/s1. The van der Waals surface area contributed by atoms with E-state index in [9.17, 15) is 0 Å². The van der Waals surface area contributed by atoms with Crippen LogP contribution in [0.5, 0.6) is 0 Å². The van der Waals surface area contributed by atoms with Crippen LogP contribution >= 0.6 is 0 Å². The lowest BCUT2D eigenvalue weighted by Crippen LogP contribution is -2.30. The van der Waals surface area contributed by atoms with Crippen molar-refractivity contribution >= 4 is 0 Å². The molecule has 0 radical (unpaired) electrons. The van der Waals surface area contributed by atoms with Gasteiger partial charge >= 0.3 is 0 Å². The molecule has 0 saturated carbocycles. The molecule has 1 atom stereocenters. The largest absolute Gasteiger partial charge is 0.305 e. The molecular formula is C8H18N2. The van der Waals surface area contributed by atoms with Gasteiger partial charge in [0, 0.05) is 19.1 Å². The lowest BCUT2D eigenvalue weighted by Gasteiger charge is -2.20. The summed E-state index contributed by atoms with van der Waals surface area (Å²) in [6, 6.07) is 0.768. The smallest absolute Gasteiger partial charge is 0.0109 e. The van der Waals surface area contributed by atoms with E-state index < -0.39 is 0 Å². The molecule has 0 unspecified atom stereocenters. The van der Waals surface area contributed by atoms with Gasteiger partial charge in [-0.2, -0.15) is 0 Å². The third kappa shape index (κ3) is 1.96. The van der Waals surface area contributed by atoms with Crippen LogP contribution in [0.3, 0.4) is 0 Å². The van der Waals surface area contributed by atoms with Gasteiger partial charge in [0.25, 0.3) is 0 Å². The van der Waals surface area contributed by atoms with Crippen molar-refractivity contribution in [1.29, 1.82) is 0 Å². The second kappa shape index (κ2) is 3.35. The maximum Gasteiger partial charge on any atom is 0.0109 e. The fraction of sp³-hybridized carbons (Fsp3) is 1.00. The van der Waals surface area contributed by atoms with Crippen molar-refractivity contribution in [3.05, 3.63) is 0 Å². The first-order valence-corrected chi connectivity index (χ1v) is 4.09. The number of likely N-dealkylation sites (N-methyl/N-ethyl adjacent to an activating group) is 2. The van der Waals surface area contributed by atoms with E-state index in [0.29, 0.717) is 0 Å². The second-order valence-electron chi connectivity index (χ2n) is 3.42. The van der Waals surface area contributed by atoms with Gasteiger partial charge in [-0.15, -0.1) is 0 Å². The Morgan fingerprint density at radius 2 is 1.80 bits per heavy atom. The first-order chi connectivity index (χ1) is 4.70. The number of hydrogen-bond acceptors (Lipinski definition) is 2. The summed E-state index contributed by atoms with van der Waals surface area (Å²) < 4.78 is 0. The Labute approximate surface area is 63.8 Å². The normalized spacial score (nSPS) is 32.1. The molecule has 1 aliphatic rings. The van der Waals surface area contributed by atoms with E-state index in [1.54, 1.807) is 0 Å². The summed E-state index contributed by atoms with van der Waals surface area (Å²) in [4.78, 5) is 4.84. The van der Waals surface area contributed by atoms with Crippen molar-refractivity contribution in [3.8, 4) is 0 Å². The highest BCUT2D eigenvalue weighted by molar-refractivity contribution is 4.70. The minimum atomic E-state index is 0.768. The molecule has 1 rings (SSSR count). The molecule has 0 amide bonds. The van der Waals surface area contributed by atoms with Gasteiger partial charge in [0.05, 0.1) is 0 Å². The van der Waals surface area contributed by atoms with Gasteiger partial charge in [-0.3, -0.25) is 0 Å². The SMILES string of the molecule is C[C@@H]1CCN(C)CCN1C. The van der Waals surface area contributed by atoms with Gasteiger partial charge in [0.1, 0.15) is 0 Å². The summed E-state index contributed by atoms with van der Waals surface area (Å²) in [5.41, 5.74) is 0. The molecule has 0 aromatic carbocycles. The van der Waals surface area contributed by atoms with Crippen LogP contribution < -0.4 is 0 Å². The van der Waals surface area contributed by atoms with Crippen molar-refractivity contribution in [2.75, 3.05) is 33.7 Å². The predicted octanol–water partition coefficient (Wildman–Crippen LogP) is 0.642. The molecule has 0 aromatic rings. The van der Waals surface area contributed by atoms with Crippen LogP contribution in [-0.4, -0.2) is 49.6 Å². The Morgan fingerprint density at radius 1 is 1.10 bits per heavy atom. The molecule has 0 bridgehead atoms. The van der Waals surface area contributed by atoms with Gasteiger partial charge in [-0.05, 0) is 34.0 Å². The number of hydrogen-bond donors (Lipinski definition) is 0. The summed E-state index contributed by atoms with van der Waals surface area (Å²) >= 11 is 0. The Balaban J connectivity index is 2.38. The molecule has 10 heavy (non-hydrogen) atoms. The summed E-state index contributed by atoms with van der Waals surface area (Å²) in [5, 5.41) is 0. The third-order valence-electron chi connectivity index (χ3n) is 2.52. The van der Waals surface area contributed by atoms with Crippen LogP contribution in [0, 0.1) is 0 Å². The molecular weight excluding hydrogens is 124 g/mol. The Kier molecular flexibility index (Phi) is 2.69. The molecule has 2 nitrogen and oxygen atoms in total. The first kappa shape index (κ1) is 8.02. The zero-order valence-electron chi connectivity index (χ0n) is 7.30. The highest BCUT2D eigenvalue weighted by Crippen LogP contribution is 2.05. The summed E-state index contributed by atoms with van der Waals surface area (Å²) in [5.74, 6) is 0. The Morgan fingerprint density at radius 3 is 2.50 bits per heavy atom. The van der Waals surface area contributed by atoms with Gasteiger partial charge < -0.3 is 9.80 Å². The van der Waals surface area contributed by atoms with E-state index in [4.69, 9.17) is 0 Å². The van der Waals surface area contributed by atoms with Crippen LogP contribution in [0.4, 0.5) is 0 Å². The van der Waals surface area contributed by atoms with Crippen LogP contribution in [-0.2, 0) is 0 Å². The zero-order chi connectivity index (χ0) is 7.56. The van der Waals surface area contributed by atoms with E-state index in [2.05, 4.69) is 30.8 Å². The third-order valence-corrected chi connectivity index (χ3v) is 2.52. The van der Waals surface area contributed by atoms with E-state index in [0.717, 1.165) is 6.04 Å². The fourth-order valence-electron chi connectivity index (χ4n) is 1.29. The molecule has 0 aromatic heterocycles. The summed E-state index contributed by atoms with van der Waals surface area (Å²) in [6.45, 7) is 6.00. The minimum Gasteiger partial charge on any atom is -0.305 e. The number of rotatable bonds is 0. The predicted molar refractivity (Wildman–Crippen MR) is 44.2 cm³/mol. The van der Waals surface area contributed by atoms with Gasteiger partial charge in [-0.25, -0.2) is 0 Å². The van der Waals surface area contributed by atoms with E-state index in [-0.39, 0.29) is 0 Å².